The molecule has 0 spiro atoms. The van der Waals surface area contributed by atoms with E-state index in [4.69, 9.17) is 9.15 Å². The van der Waals surface area contributed by atoms with Gasteiger partial charge in [0.15, 0.2) is 5.76 Å². The van der Waals surface area contributed by atoms with Crippen LogP contribution in [-0.2, 0) is 22.6 Å². The number of pyridine rings is 1. The number of rotatable bonds is 14. The number of aliphatic hydroxyl groups excluding tert-OH is 1. The number of fused-ring (bicyclic) bond motifs is 1. The van der Waals surface area contributed by atoms with Crippen LogP contribution in [0.1, 0.15) is 36.3 Å². The van der Waals surface area contributed by atoms with Crippen molar-refractivity contribution in [2.75, 3.05) is 39.3 Å². The number of oxazole rings is 1. The van der Waals surface area contributed by atoms with Crippen molar-refractivity contribution >= 4 is 11.8 Å². The first-order valence-corrected chi connectivity index (χ1v) is 18.0. The third-order valence-corrected chi connectivity index (χ3v) is 9.85. The maximum Gasteiger partial charge on any atom is 0.405 e. The summed E-state index contributed by atoms with van der Waals surface area (Å²) in [6, 6.07) is 21.5. The van der Waals surface area contributed by atoms with Crippen LogP contribution >= 0.6 is 0 Å². The van der Waals surface area contributed by atoms with Crippen LogP contribution in [0, 0.1) is 11.8 Å². The van der Waals surface area contributed by atoms with Gasteiger partial charge in [-0.3, -0.25) is 24.4 Å². The summed E-state index contributed by atoms with van der Waals surface area (Å²) in [5.41, 5.74) is 2.97. The Balaban J connectivity index is 1.14. The first-order chi connectivity index (χ1) is 25.9. The molecule has 3 N–H and O–H groups in total. The quantitative estimate of drug-likeness (QED) is 0.164. The molecule has 2 aromatic carbocycles. The number of carbonyl (C=O) groups is 2. The van der Waals surface area contributed by atoms with Crippen molar-refractivity contribution in [2.45, 2.75) is 50.6 Å². The molecule has 1 saturated heterocycles. The van der Waals surface area contributed by atoms with E-state index in [0.717, 1.165) is 16.9 Å². The minimum Gasteiger partial charge on any atom is -0.493 e. The van der Waals surface area contributed by atoms with E-state index in [0.29, 0.717) is 42.6 Å². The maximum atomic E-state index is 14.0. The second-order valence-electron chi connectivity index (χ2n) is 14.0. The molecule has 14 heteroatoms. The summed E-state index contributed by atoms with van der Waals surface area (Å²) >= 11 is 0. The molecular formula is C40H45F3N6O5. The lowest BCUT2D eigenvalue weighted by Crippen LogP contribution is -2.60. The molecule has 54 heavy (non-hydrogen) atoms. The van der Waals surface area contributed by atoms with Crippen molar-refractivity contribution in [1.29, 1.82) is 0 Å². The second-order valence-corrected chi connectivity index (χ2v) is 14.0. The molecule has 1 fully saturated rings. The van der Waals surface area contributed by atoms with Gasteiger partial charge in [-0.2, -0.15) is 13.2 Å². The van der Waals surface area contributed by atoms with Gasteiger partial charge in [0.05, 0.1) is 25.5 Å². The molecule has 4 aromatic rings. The fourth-order valence-corrected chi connectivity index (χ4v) is 7.21. The molecule has 2 aromatic heterocycles. The zero-order valence-electron chi connectivity index (χ0n) is 30.0. The number of ether oxygens (including phenoxy) is 1. The molecule has 2 aliphatic heterocycles. The number of benzene rings is 2. The molecule has 0 saturated carbocycles. The van der Waals surface area contributed by atoms with Crippen LogP contribution in [0.4, 0.5) is 13.2 Å². The standard InChI is InChI=1S/C40H45F3N6O5/c1-26-24-53-34-14-7-6-12-31(34)37(26)27(2)47-38(51)29(18-28-10-4-3-5-11-28)19-30(50)21-49-17-16-48(22-33(49)39(52)46-25-40(41,42)43)23-36-45-20-35(54-36)32-13-8-9-15-44-32/h3-15,20,26,29-30,33,37,50H,2,16-19,21-25H2,1H3,(H,46,52)(H,47,51)/t26-,29-,30+,33+,37+/m1/s1. The van der Waals surface area contributed by atoms with Gasteiger partial charge in [-0.05, 0) is 36.6 Å². The van der Waals surface area contributed by atoms with E-state index in [1.54, 1.807) is 29.4 Å². The van der Waals surface area contributed by atoms with Crippen molar-refractivity contribution in [2.24, 2.45) is 11.8 Å². The minimum absolute atomic E-state index is 0.0370. The number of hydrogen-bond acceptors (Lipinski definition) is 9. The summed E-state index contributed by atoms with van der Waals surface area (Å²) in [6.07, 6.45) is -2.12. The number of alkyl halides is 3. The van der Waals surface area contributed by atoms with E-state index in [1.807, 2.05) is 77.8 Å². The molecule has 0 unspecified atom stereocenters. The van der Waals surface area contributed by atoms with Gasteiger partial charge in [-0.25, -0.2) is 4.98 Å². The number of piperazine rings is 1. The van der Waals surface area contributed by atoms with Crippen molar-refractivity contribution in [3.8, 4) is 17.2 Å². The number of aliphatic hydroxyl groups is 1. The Morgan fingerprint density at radius 2 is 1.80 bits per heavy atom. The van der Waals surface area contributed by atoms with Crippen molar-refractivity contribution < 1.29 is 37.0 Å². The summed E-state index contributed by atoms with van der Waals surface area (Å²) in [7, 11) is 0. The van der Waals surface area contributed by atoms with Crippen LogP contribution in [0.3, 0.4) is 0 Å². The molecule has 286 valence electrons. The summed E-state index contributed by atoms with van der Waals surface area (Å²) < 4.78 is 51.2. The molecular weight excluding hydrogens is 701 g/mol. The summed E-state index contributed by atoms with van der Waals surface area (Å²) in [4.78, 5) is 39.4. The summed E-state index contributed by atoms with van der Waals surface area (Å²) in [5, 5.41) is 16.6. The zero-order valence-corrected chi connectivity index (χ0v) is 30.0. The lowest BCUT2D eigenvalue weighted by Gasteiger charge is -2.41. The molecule has 2 amide bonds. The summed E-state index contributed by atoms with van der Waals surface area (Å²) in [6.45, 7) is 6.21. The fraction of sp³-hybridized carbons (Fsp3) is 0.400. The van der Waals surface area contributed by atoms with Gasteiger partial charge in [0.25, 0.3) is 0 Å². The smallest absolute Gasteiger partial charge is 0.405 e. The fourth-order valence-electron chi connectivity index (χ4n) is 7.21. The molecule has 0 radical (unpaired) electrons. The molecule has 0 aliphatic carbocycles. The van der Waals surface area contributed by atoms with Crippen LogP contribution in [0.2, 0.25) is 0 Å². The highest BCUT2D eigenvalue weighted by Gasteiger charge is 2.37. The summed E-state index contributed by atoms with van der Waals surface area (Å²) in [5.74, 6) is -0.337. The Bertz CT molecular complexity index is 1870. The number of para-hydroxylation sites is 1. The van der Waals surface area contributed by atoms with E-state index >= 15 is 0 Å². The van der Waals surface area contributed by atoms with Crippen LogP contribution in [0.5, 0.6) is 5.75 Å². The lowest BCUT2D eigenvalue weighted by atomic mass is 9.82. The van der Waals surface area contributed by atoms with Gasteiger partial charge >= 0.3 is 6.18 Å². The predicted molar refractivity (Wildman–Crippen MR) is 195 cm³/mol. The van der Waals surface area contributed by atoms with Gasteiger partial charge < -0.3 is 24.9 Å². The number of nitrogens with one attached hydrogen (secondary N) is 2. The number of amides is 2. The van der Waals surface area contributed by atoms with Gasteiger partial charge in [0.1, 0.15) is 24.0 Å². The van der Waals surface area contributed by atoms with E-state index in [9.17, 15) is 27.9 Å². The van der Waals surface area contributed by atoms with Gasteiger partial charge in [-0.1, -0.05) is 68.1 Å². The van der Waals surface area contributed by atoms with Crippen molar-refractivity contribution in [1.82, 2.24) is 30.4 Å². The van der Waals surface area contributed by atoms with Crippen molar-refractivity contribution in [3.63, 3.8) is 0 Å². The maximum absolute atomic E-state index is 14.0. The molecule has 11 nitrogen and oxygen atoms in total. The zero-order chi connectivity index (χ0) is 38.2. The highest BCUT2D eigenvalue weighted by molar-refractivity contribution is 5.82. The topological polar surface area (TPSA) is 133 Å². The number of nitrogens with zero attached hydrogens (tertiary/aromatic N) is 4. The van der Waals surface area contributed by atoms with Gasteiger partial charge in [0.2, 0.25) is 17.7 Å². The number of aromatic nitrogens is 2. The number of hydrogen-bond donors (Lipinski definition) is 3. The second kappa shape index (κ2) is 17.4. The van der Waals surface area contributed by atoms with Crippen molar-refractivity contribution in [3.05, 3.63) is 114 Å². The molecule has 5 atom stereocenters. The van der Waals surface area contributed by atoms with Crippen LogP contribution < -0.4 is 15.4 Å². The molecule has 4 heterocycles. The largest absolute Gasteiger partial charge is 0.493 e. The molecule has 2 aliphatic rings. The molecule has 6 rings (SSSR count). The Hall–Kier alpha value is -5.05. The number of halogens is 3. The Morgan fingerprint density at radius 1 is 1.04 bits per heavy atom. The highest BCUT2D eigenvalue weighted by atomic mass is 19.4. The Kier molecular flexibility index (Phi) is 12.5. The number of carbonyl (C=O) groups excluding carboxylic acids is 2. The third kappa shape index (κ3) is 10.1. The van der Waals surface area contributed by atoms with E-state index in [1.165, 1.54) is 0 Å². The molecule has 0 bridgehead atoms. The number of β-amino-alcohol motifs (C(OH)–C–C–N with tert-alkyl or cyclic N) is 1. The Morgan fingerprint density at radius 3 is 2.56 bits per heavy atom. The average Bonchev–Trinajstić information content (AvgIpc) is 3.63. The first-order valence-electron chi connectivity index (χ1n) is 18.0. The van der Waals surface area contributed by atoms with Crippen LogP contribution in [0.15, 0.2) is 102 Å². The number of allylic oxidation sites excluding steroid dienone is 1. The average molecular weight is 747 g/mol. The minimum atomic E-state index is -4.60. The Labute approximate surface area is 312 Å². The lowest BCUT2D eigenvalue weighted by molar-refractivity contribution is -0.143. The van der Waals surface area contributed by atoms with E-state index in [-0.39, 0.29) is 50.3 Å². The monoisotopic (exact) mass is 746 g/mol. The first kappa shape index (κ1) is 38.7. The normalized spacial score (nSPS) is 20.3. The van der Waals surface area contributed by atoms with E-state index < -0.39 is 36.7 Å². The SMILES string of the molecule is C=C(NC(=O)[C@H](Cc1ccccc1)C[C@H](O)CN1CCN(Cc2ncc(-c3ccccn3)o2)C[C@H]1C(=O)NCC(F)(F)F)[C@H]1c2ccccc2OC[C@H]1C. The van der Waals surface area contributed by atoms with Crippen LogP contribution in [0.25, 0.3) is 11.5 Å². The van der Waals surface area contributed by atoms with E-state index in [2.05, 4.69) is 21.9 Å². The van der Waals surface area contributed by atoms with Crippen LogP contribution in [-0.4, -0.2) is 94.3 Å². The van der Waals surface area contributed by atoms with Gasteiger partial charge in [0, 0.05) is 61.4 Å². The predicted octanol–water partition coefficient (Wildman–Crippen LogP) is 4.95. The highest BCUT2D eigenvalue weighted by Crippen LogP contribution is 2.40. The third-order valence-electron chi connectivity index (χ3n) is 9.85. The van der Waals surface area contributed by atoms with Gasteiger partial charge in [-0.15, -0.1) is 0 Å².